The molecule has 14 heavy (non-hydrogen) atoms. The highest BCUT2D eigenvalue weighted by atomic mass is 16.2. The quantitative estimate of drug-likeness (QED) is 0.576. The Morgan fingerprint density at radius 2 is 1.79 bits per heavy atom. The second-order valence-corrected chi connectivity index (χ2v) is 2.96. The molecule has 1 amide bonds. The van der Waals surface area contributed by atoms with E-state index in [2.05, 4.69) is 5.32 Å². The molecular formula is C11H13NO2. The van der Waals surface area contributed by atoms with Crippen LogP contribution in [0.15, 0.2) is 24.3 Å². The Balaban J connectivity index is 2.87. The molecule has 1 aromatic rings. The minimum Gasteiger partial charge on any atom is -0.352 e. The molecule has 0 spiro atoms. The fraction of sp³-hybridized carbons (Fsp3) is 0.273. The maximum Gasteiger partial charge on any atom is 0.292 e. The molecule has 1 aromatic carbocycles. The van der Waals surface area contributed by atoms with Crippen molar-refractivity contribution in [1.82, 2.24) is 5.32 Å². The Hall–Kier alpha value is -1.64. The van der Waals surface area contributed by atoms with E-state index in [1.165, 1.54) is 7.05 Å². The van der Waals surface area contributed by atoms with Crippen LogP contribution in [0.2, 0.25) is 0 Å². The number of hydrogen-bond acceptors (Lipinski definition) is 2. The molecule has 0 saturated heterocycles. The molecule has 0 aliphatic rings. The van der Waals surface area contributed by atoms with Crippen LogP contribution in [0.1, 0.15) is 22.8 Å². The summed E-state index contributed by atoms with van der Waals surface area (Å²) < 4.78 is 0. The highest BCUT2D eigenvalue weighted by Crippen LogP contribution is 2.05. The zero-order valence-corrected chi connectivity index (χ0v) is 8.33. The SMILES string of the molecule is CCc1ccc(C(=O)C(=O)NC)cc1. The third kappa shape index (κ3) is 2.19. The van der Waals surface area contributed by atoms with Crippen LogP contribution in [-0.4, -0.2) is 18.7 Å². The van der Waals surface area contributed by atoms with Crippen LogP contribution in [0.5, 0.6) is 0 Å². The predicted octanol–water partition coefficient (Wildman–Crippen LogP) is 1.18. The molecule has 0 heterocycles. The lowest BCUT2D eigenvalue weighted by atomic mass is 10.1. The Labute approximate surface area is 83.1 Å². The molecule has 1 N–H and O–H groups in total. The summed E-state index contributed by atoms with van der Waals surface area (Å²) in [5.74, 6) is -1.07. The van der Waals surface area contributed by atoms with Gasteiger partial charge in [0.1, 0.15) is 0 Å². The van der Waals surface area contributed by atoms with Crippen molar-refractivity contribution < 1.29 is 9.59 Å². The third-order valence-corrected chi connectivity index (χ3v) is 2.06. The van der Waals surface area contributed by atoms with Gasteiger partial charge in [0.25, 0.3) is 5.91 Å². The van der Waals surface area contributed by atoms with E-state index in [1.54, 1.807) is 12.1 Å². The molecule has 0 aliphatic heterocycles. The largest absolute Gasteiger partial charge is 0.352 e. The highest BCUT2D eigenvalue weighted by molar-refractivity contribution is 6.42. The fourth-order valence-electron chi connectivity index (χ4n) is 1.14. The number of Topliss-reactive ketones (excluding diaryl/α,β-unsaturated/α-hetero) is 1. The lowest BCUT2D eigenvalue weighted by Gasteiger charge is -2.00. The normalized spacial score (nSPS) is 9.57. The van der Waals surface area contributed by atoms with E-state index in [-0.39, 0.29) is 0 Å². The number of hydrogen-bond donors (Lipinski definition) is 1. The summed E-state index contributed by atoms with van der Waals surface area (Å²) in [4.78, 5) is 22.4. The van der Waals surface area contributed by atoms with Gasteiger partial charge in [-0.2, -0.15) is 0 Å². The van der Waals surface area contributed by atoms with Crippen molar-refractivity contribution in [1.29, 1.82) is 0 Å². The number of ketones is 1. The predicted molar refractivity (Wildman–Crippen MR) is 54.2 cm³/mol. The molecule has 74 valence electrons. The first-order valence-electron chi connectivity index (χ1n) is 4.54. The van der Waals surface area contributed by atoms with Gasteiger partial charge in [0.2, 0.25) is 5.78 Å². The molecule has 0 saturated carbocycles. The van der Waals surface area contributed by atoms with Crippen molar-refractivity contribution in [3.63, 3.8) is 0 Å². The molecule has 0 atom stereocenters. The number of likely N-dealkylation sites (N-methyl/N-ethyl adjacent to an activating group) is 1. The molecule has 3 heteroatoms. The number of amides is 1. The van der Waals surface area contributed by atoms with Gasteiger partial charge in [-0.15, -0.1) is 0 Å². The molecule has 0 radical (unpaired) electrons. The fourth-order valence-corrected chi connectivity index (χ4v) is 1.14. The lowest BCUT2D eigenvalue weighted by molar-refractivity contribution is -0.116. The van der Waals surface area contributed by atoms with Crippen molar-refractivity contribution in [2.75, 3.05) is 7.05 Å². The summed E-state index contributed by atoms with van der Waals surface area (Å²) in [6.45, 7) is 2.04. The maximum absolute atomic E-state index is 11.4. The van der Waals surface area contributed by atoms with E-state index in [0.717, 1.165) is 12.0 Å². The minimum atomic E-state index is -0.575. The summed E-state index contributed by atoms with van der Waals surface area (Å²) in [5, 5.41) is 2.30. The highest BCUT2D eigenvalue weighted by Gasteiger charge is 2.13. The van der Waals surface area contributed by atoms with Crippen molar-refractivity contribution in [2.24, 2.45) is 0 Å². The summed E-state index contributed by atoms with van der Waals surface area (Å²) in [7, 11) is 1.45. The Morgan fingerprint density at radius 3 is 2.21 bits per heavy atom. The summed E-state index contributed by atoms with van der Waals surface area (Å²) >= 11 is 0. The minimum absolute atomic E-state index is 0.432. The summed E-state index contributed by atoms with van der Waals surface area (Å²) in [6.07, 6.45) is 0.925. The molecule has 1 rings (SSSR count). The summed E-state index contributed by atoms with van der Waals surface area (Å²) in [5.41, 5.74) is 1.58. The van der Waals surface area contributed by atoms with E-state index in [0.29, 0.717) is 5.56 Å². The van der Waals surface area contributed by atoms with Crippen LogP contribution in [-0.2, 0) is 11.2 Å². The van der Waals surface area contributed by atoms with Gasteiger partial charge in [-0.1, -0.05) is 31.2 Å². The zero-order chi connectivity index (χ0) is 10.6. The number of nitrogens with one attached hydrogen (secondary N) is 1. The summed E-state index contributed by atoms with van der Waals surface area (Å²) in [6, 6.07) is 7.07. The lowest BCUT2D eigenvalue weighted by Crippen LogP contribution is -2.27. The van der Waals surface area contributed by atoms with Gasteiger partial charge < -0.3 is 5.32 Å². The number of aryl methyl sites for hydroxylation is 1. The van der Waals surface area contributed by atoms with Gasteiger partial charge in [-0.3, -0.25) is 9.59 Å². The van der Waals surface area contributed by atoms with Crippen molar-refractivity contribution in [3.05, 3.63) is 35.4 Å². The van der Waals surface area contributed by atoms with Crippen molar-refractivity contribution >= 4 is 11.7 Å². The van der Waals surface area contributed by atoms with Gasteiger partial charge in [0.05, 0.1) is 0 Å². The van der Waals surface area contributed by atoms with Gasteiger partial charge in [-0.25, -0.2) is 0 Å². The van der Waals surface area contributed by atoms with Crippen LogP contribution >= 0.6 is 0 Å². The van der Waals surface area contributed by atoms with Crippen LogP contribution in [0.3, 0.4) is 0 Å². The molecule has 3 nitrogen and oxygen atoms in total. The Bertz CT molecular complexity index is 341. The number of carbonyl (C=O) groups excluding carboxylic acids is 2. The molecular weight excluding hydrogens is 178 g/mol. The number of carbonyl (C=O) groups is 2. The first-order chi connectivity index (χ1) is 6.69. The van der Waals surface area contributed by atoms with Gasteiger partial charge >= 0.3 is 0 Å². The van der Waals surface area contributed by atoms with E-state index < -0.39 is 11.7 Å². The average Bonchev–Trinajstić information content (AvgIpc) is 2.27. The van der Waals surface area contributed by atoms with Gasteiger partial charge in [0, 0.05) is 12.6 Å². The monoisotopic (exact) mass is 191 g/mol. The van der Waals surface area contributed by atoms with E-state index in [1.807, 2.05) is 19.1 Å². The van der Waals surface area contributed by atoms with Crippen LogP contribution in [0.4, 0.5) is 0 Å². The maximum atomic E-state index is 11.4. The zero-order valence-electron chi connectivity index (χ0n) is 8.33. The van der Waals surface area contributed by atoms with E-state index in [9.17, 15) is 9.59 Å². The average molecular weight is 191 g/mol. The Morgan fingerprint density at radius 1 is 1.21 bits per heavy atom. The van der Waals surface area contributed by atoms with E-state index >= 15 is 0 Å². The van der Waals surface area contributed by atoms with Gasteiger partial charge in [0.15, 0.2) is 0 Å². The van der Waals surface area contributed by atoms with Crippen LogP contribution in [0.25, 0.3) is 0 Å². The molecule has 0 bridgehead atoms. The molecule has 0 fully saturated rings. The van der Waals surface area contributed by atoms with Crippen LogP contribution < -0.4 is 5.32 Å². The first-order valence-corrected chi connectivity index (χ1v) is 4.54. The van der Waals surface area contributed by atoms with Crippen LogP contribution in [0, 0.1) is 0 Å². The van der Waals surface area contributed by atoms with Crippen molar-refractivity contribution in [3.8, 4) is 0 Å². The topological polar surface area (TPSA) is 46.2 Å². The van der Waals surface area contributed by atoms with E-state index in [4.69, 9.17) is 0 Å². The number of rotatable bonds is 3. The molecule has 0 unspecified atom stereocenters. The number of benzene rings is 1. The van der Waals surface area contributed by atoms with Gasteiger partial charge in [-0.05, 0) is 12.0 Å². The second kappa shape index (κ2) is 4.56. The Kier molecular flexibility index (Phi) is 3.40. The first kappa shape index (κ1) is 10.4. The smallest absolute Gasteiger partial charge is 0.292 e. The van der Waals surface area contributed by atoms with Crippen molar-refractivity contribution in [2.45, 2.75) is 13.3 Å². The second-order valence-electron chi connectivity index (χ2n) is 2.96. The molecule has 0 aliphatic carbocycles. The standard InChI is InChI=1S/C11H13NO2/c1-3-8-4-6-9(7-5-8)10(13)11(14)12-2/h4-7H,3H2,1-2H3,(H,12,14). The molecule has 0 aromatic heterocycles. The third-order valence-electron chi connectivity index (χ3n) is 2.06.